The lowest BCUT2D eigenvalue weighted by Crippen LogP contribution is -2.13. The largest absolute Gasteiger partial charge is 0.454 e. The van der Waals surface area contributed by atoms with Crippen molar-refractivity contribution in [2.75, 3.05) is 6.79 Å². The molecular weight excluding hydrogens is 278 g/mol. The molecule has 0 aliphatic carbocycles. The third kappa shape index (κ3) is 1.44. The Bertz CT molecular complexity index is 1130. The van der Waals surface area contributed by atoms with Crippen molar-refractivity contribution in [2.24, 2.45) is 0 Å². The van der Waals surface area contributed by atoms with Gasteiger partial charge < -0.3 is 9.47 Å². The standard InChI is InChI=1S/C18H11NO3/c20-18-13-4-2-1-3-11(13)7-15-14-9-17-16(21-10-22-17)8-12(14)5-6-19(15)18/h1-9H,10H2. The summed E-state index contributed by atoms with van der Waals surface area (Å²) in [4.78, 5) is 12.7. The molecule has 1 aliphatic rings. The molecule has 0 unspecified atom stereocenters. The Labute approximate surface area is 125 Å². The Morgan fingerprint density at radius 2 is 1.64 bits per heavy atom. The zero-order valence-corrected chi connectivity index (χ0v) is 11.6. The minimum Gasteiger partial charge on any atom is -0.454 e. The van der Waals surface area contributed by atoms with Gasteiger partial charge >= 0.3 is 0 Å². The Morgan fingerprint density at radius 1 is 0.864 bits per heavy atom. The number of ether oxygens (including phenoxy) is 2. The summed E-state index contributed by atoms with van der Waals surface area (Å²) in [6.07, 6.45) is 1.81. The van der Waals surface area contributed by atoms with Gasteiger partial charge in [0.2, 0.25) is 6.79 Å². The van der Waals surface area contributed by atoms with Gasteiger partial charge in [-0.05, 0) is 41.1 Å². The normalized spacial score (nSPS) is 13.3. The topological polar surface area (TPSA) is 39.9 Å². The summed E-state index contributed by atoms with van der Waals surface area (Å²) in [5.74, 6) is 1.47. The average Bonchev–Trinajstić information content (AvgIpc) is 3.00. The monoisotopic (exact) mass is 289 g/mol. The zero-order chi connectivity index (χ0) is 14.7. The summed E-state index contributed by atoms with van der Waals surface area (Å²) >= 11 is 0. The summed E-state index contributed by atoms with van der Waals surface area (Å²) in [6, 6.07) is 15.5. The van der Waals surface area contributed by atoms with E-state index in [1.54, 1.807) is 4.40 Å². The summed E-state index contributed by atoms with van der Waals surface area (Å²) in [5.41, 5.74) is 0.868. The highest BCUT2D eigenvalue weighted by atomic mass is 16.7. The van der Waals surface area contributed by atoms with Crippen LogP contribution in [0, 0.1) is 0 Å². The van der Waals surface area contributed by atoms with E-state index >= 15 is 0 Å². The van der Waals surface area contributed by atoms with Gasteiger partial charge in [0, 0.05) is 17.0 Å². The number of fused-ring (bicyclic) bond motifs is 5. The van der Waals surface area contributed by atoms with Crippen LogP contribution in [0.15, 0.2) is 59.5 Å². The van der Waals surface area contributed by atoms with Gasteiger partial charge in [-0.25, -0.2) is 0 Å². The van der Waals surface area contributed by atoms with E-state index in [2.05, 4.69) is 0 Å². The highest BCUT2D eigenvalue weighted by Crippen LogP contribution is 2.37. The summed E-state index contributed by atoms with van der Waals surface area (Å²) < 4.78 is 12.6. The van der Waals surface area contributed by atoms with Crippen molar-refractivity contribution in [1.29, 1.82) is 0 Å². The number of hydrogen-bond donors (Lipinski definition) is 0. The van der Waals surface area contributed by atoms with Crippen molar-refractivity contribution >= 4 is 27.1 Å². The van der Waals surface area contributed by atoms with Gasteiger partial charge in [0.05, 0.1) is 5.52 Å². The highest BCUT2D eigenvalue weighted by molar-refractivity contribution is 6.01. The van der Waals surface area contributed by atoms with Crippen molar-refractivity contribution in [3.05, 3.63) is 65.1 Å². The molecule has 5 rings (SSSR count). The van der Waals surface area contributed by atoms with Crippen molar-refractivity contribution in [3.63, 3.8) is 0 Å². The van der Waals surface area contributed by atoms with Crippen LogP contribution in [-0.4, -0.2) is 11.2 Å². The molecule has 0 saturated heterocycles. The SMILES string of the molecule is O=c1c2ccccc2cc2c3cc4c(cc3ccn12)OCO4. The minimum atomic E-state index is -0.00679. The molecule has 0 N–H and O–H groups in total. The second-order valence-electron chi connectivity index (χ2n) is 5.40. The van der Waals surface area contributed by atoms with Gasteiger partial charge in [0.15, 0.2) is 11.5 Å². The summed E-state index contributed by atoms with van der Waals surface area (Å²) in [7, 11) is 0. The van der Waals surface area contributed by atoms with Gasteiger partial charge in [-0.15, -0.1) is 0 Å². The first-order chi connectivity index (χ1) is 10.8. The Morgan fingerprint density at radius 3 is 2.55 bits per heavy atom. The van der Waals surface area contributed by atoms with E-state index in [0.717, 1.165) is 38.6 Å². The van der Waals surface area contributed by atoms with Crippen LogP contribution < -0.4 is 15.0 Å². The van der Waals surface area contributed by atoms with Crippen molar-refractivity contribution in [2.45, 2.75) is 0 Å². The fourth-order valence-electron chi connectivity index (χ4n) is 3.10. The molecule has 106 valence electrons. The highest BCUT2D eigenvalue weighted by Gasteiger charge is 2.16. The molecule has 4 aromatic rings. The van der Waals surface area contributed by atoms with Gasteiger partial charge in [0.25, 0.3) is 5.56 Å². The zero-order valence-electron chi connectivity index (χ0n) is 11.6. The lowest BCUT2D eigenvalue weighted by atomic mass is 10.1. The van der Waals surface area contributed by atoms with Crippen LogP contribution in [0.5, 0.6) is 11.5 Å². The van der Waals surface area contributed by atoms with E-state index < -0.39 is 0 Å². The number of nitrogens with zero attached hydrogens (tertiary/aromatic N) is 1. The van der Waals surface area contributed by atoms with Gasteiger partial charge in [0.1, 0.15) is 0 Å². The third-order valence-electron chi connectivity index (χ3n) is 4.19. The second kappa shape index (κ2) is 4.01. The van der Waals surface area contributed by atoms with Gasteiger partial charge in [-0.1, -0.05) is 18.2 Å². The van der Waals surface area contributed by atoms with E-state index in [0.29, 0.717) is 0 Å². The van der Waals surface area contributed by atoms with Crippen LogP contribution in [-0.2, 0) is 0 Å². The maximum atomic E-state index is 12.7. The van der Waals surface area contributed by atoms with Gasteiger partial charge in [-0.2, -0.15) is 0 Å². The Balaban J connectivity index is 2.02. The van der Waals surface area contributed by atoms with E-state index in [4.69, 9.17) is 9.47 Å². The van der Waals surface area contributed by atoms with Crippen LogP contribution >= 0.6 is 0 Å². The molecule has 0 radical (unpaired) electrons. The maximum absolute atomic E-state index is 12.7. The van der Waals surface area contributed by atoms with Crippen LogP contribution in [0.25, 0.3) is 27.1 Å². The smallest absolute Gasteiger partial charge is 0.262 e. The molecule has 3 heterocycles. The molecule has 4 heteroatoms. The van der Waals surface area contributed by atoms with E-state index in [1.807, 2.05) is 54.7 Å². The molecule has 0 spiro atoms. The molecule has 1 aliphatic heterocycles. The first-order valence-electron chi connectivity index (χ1n) is 7.08. The predicted molar refractivity (Wildman–Crippen MR) is 84.8 cm³/mol. The van der Waals surface area contributed by atoms with Crippen LogP contribution in [0.3, 0.4) is 0 Å². The molecule has 2 aromatic heterocycles. The minimum absolute atomic E-state index is 0.00679. The number of aromatic nitrogens is 1. The molecule has 0 bridgehead atoms. The van der Waals surface area contributed by atoms with Crippen LogP contribution in [0.2, 0.25) is 0 Å². The summed E-state index contributed by atoms with van der Waals surface area (Å²) in [6.45, 7) is 0.243. The third-order valence-corrected chi connectivity index (χ3v) is 4.19. The lowest BCUT2D eigenvalue weighted by Gasteiger charge is -2.08. The molecular formula is C18H11NO3. The first kappa shape index (κ1) is 11.6. The van der Waals surface area contributed by atoms with E-state index in [9.17, 15) is 4.79 Å². The first-order valence-corrected chi connectivity index (χ1v) is 7.08. The van der Waals surface area contributed by atoms with Crippen LogP contribution in [0.1, 0.15) is 0 Å². The van der Waals surface area contributed by atoms with Gasteiger partial charge in [-0.3, -0.25) is 9.20 Å². The predicted octanol–water partition coefficient (Wildman–Crippen LogP) is 3.33. The van der Waals surface area contributed by atoms with Crippen molar-refractivity contribution in [3.8, 4) is 11.5 Å². The number of rotatable bonds is 0. The summed E-state index contributed by atoms with van der Waals surface area (Å²) in [5, 5.41) is 3.67. The second-order valence-corrected chi connectivity index (χ2v) is 5.40. The van der Waals surface area contributed by atoms with Crippen molar-refractivity contribution < 1.29 is 9.47 Å². The fourth-order valence-corrected chi connectivity index (χ4v) is 3.10. The molecule has 0 saturated carbocycles. The fraction of sp³-hybridized carbons (Fsp3) is 0.0556. The number of pyridine rings is 2. The Kier molecular flexibility index (Phi) is 2.12. The Hall–Kier alpha value is -3.01. The quantitative estimate of drug-likeness (QED) is 0.368. The molecule has 0 atom stereocenters. The van der Waals surface area contributed by atoms with Crippen LogP contribution in [0.4, 0.5) is 0 Å². The number of hydrogen-bond acceptors (Lipinski definition) is 3. The lowest BCUT2D eigenvalue weighted by molar-refractivity contribution is 0.174. The average molecular weight is 289 g/mol. The molecule has 22 heavy (non-hydrogen) atoms. The number of benzene rings is 2. The molecule has 4 nitrogen and oxygen atoms in total. The molecule has 0 fully saturated rings. The molecule has 2 aromatic carbocycles. The van der Waals surface area contributed by atoms with E-state index in [-0.39, 0.29) is 12.4 Å². The molecule has 0 amide bonds. The maximum Gasteiger partial charge on any atom is 0.262 e. The van der Waals surface area contributed by atoms with E-state index in [1.165, 1.54) is 0 Å². The van der Waals surface area contributed by atoms with Crippen molar-refractivity contribution in [1.82, 2.24) is 4.40 Å².